The van der Waals surface area contributed by atoms with Crippen LogP contribution in [0.1, 0.15) is 13.8 Å². The van der Waals surface area contributed by atoms with Crippen LogP contribution in [0.3, 0.4) is 0 Å². The molecule has 8 heteroatoms. The molecule has 2 aromatic rings. The van der Waals surface area contributed by atoms with Gasteiger partial charge in [-0.05, 0) is 26.0 Å². The normalized spacial score (nSPS) is 14.6. The zero-order chi connectivity index (χ0) is 16.9. The minimum absolute atomic E-state index is 0.167. The maximum absolute atomic E-state index is 13.0. The van der Waals surface area contributed by atoms with E-state index >= 15 is 0 Å². The van der Waals surface area contributed by atoms with Gasteiger partial charge in [0.25, 0.3) is 0 Å². The molecule has 0 aliphatic heterocycles. The monoisotopic (exact) mass is 354 g/mol. The number of aromatic nitrogens is 1. The summed E-state index contributed by atoms with van der Waals surface area (Å²) < 4.78 is 23.9. The first-order valence-corrected chi connectivity index (χ1v) is 8.73. The fourth-order valence-corrected chi connectivity index (χ4v) is 3.34. The van der Waals surface area contributed by atoms with Crippen LogP contribution < -0.4 is 14.1 Å². The minimum atomic E-state index is -3.86. The highest BCUT2D eigenvalue weighted by Gasteiger charge is 2.32. The van der Waals surface area contributed by atoms with E-state index in [9.17, 15) is 9.36 Å². The summed E-state index contributed by atoms with van der Waals surface area (Å²) in [6, 6.07) is 9.26. The summed E-state index contributed by atoms with van der Waals surface area (Å²) in [5.74, 6) is 0.309. The molecule has 0 saturated carbocycles. The van der Waals surface area contributed by atoms with Crippen molar-refractivity contribution in [1.82, 2.24) is 10.1 Å². The molecule has 0 saturated heterocycles. The van der Waals surface area contributed by atoms with Crippen LogP contribution >= 0.6 is 19.3 Å². The lowest BCUT2D eigenvalue weighted by atomic mass is 10.3. The molecular formula is C15H16ClN2O4P. The fraction of sp³-hybridized carbons (Fsp3) is 0.200. The first kappa shape index (κ1) is 17.5. The Labute approximate surface area is 139 Å². The number of nitrogens with zero attached hydrogens (tertiary/aromatic N) is 1. The number of benzene rings is 1. The summed E-state index contributed by atoms with van der Waals surface area (Å²) in [5.41, 5.74) is 0. The van der Waals surface area contributed by atoms with Gasteiger partial charge in [-0.25, -0.2) is 4.57 Å². The van der Waals surface area contributed by atoms with E-state index in [0.717, 1.165) is 0 Å². The lowest BCUT2D eigenvalue weighted by Crippen LogP contribution is -2.33. The molecule has 1 aromatic heterocycles. The molecule has 1 N–H and O–H groups in total. The van der Waals surface area contributed by atoms with Crippen LogP contribution in [0.4, 0.5) is 0 Å². The zero-order valence-corrected chi connectivity index (χ0v) is 14.3. The molecule has 23 heavy (non-hydrogen) atoms. The second kappa shape index (κ2) is 7.59. The molecule has 0 aliphatic carbocycles. The Kier molecular flexibility index (Phi) is 5.77. The van der Waals surface area contributed by atoms with Crippen LogP contribution in [0, 0.1) is 0 Å². The van der Waals surface area contributed by atoms with Crippen LogP contribution in [0.5, 0.6) is 11.5 Å². The first-order valence-electron chi connectivity index (χ1n) is 6.81. The predicted octanol–water partition coefficient (Wildman–Crippen LogP) is 3.87. The summed E-state index contributed by atoms with van der Waals surface area (Å²) in [4.78, 5) is 15.3. The van der Waals surface area contributed by atoms with E-state index in [1.54, 1.807) is 37.3 Å². The van der Waals surface area contributed by atoms with Gasteiger partial charge in [-0.15, -0.1) is 0 Å². The molecule has 6 nitrogen and oxygen atoms in total. The predicted molar refractivity (Wildman–Crippen MR) is 87.8 cm³/mol. The molecule has 2 atom stereocenters. The highest BCUT2D eigenvalue weighted by atomic mass is 35.5. The first-order chi connectivity index (χ1) is 10.9. The number of hydrogen-bond acceptors (Lipinski definition) is 5. The van der Waals surface area contributed by atoms with Crippen molar-refractivity contribution in [3.63, 3.8) is 0 Å². The third-order valence-electron chi connectivity index (χ3n) is 2.84. The van der Waals surface area contributed by atoms with E-state index in [4.69, 9.17) is 20.6 Å². The second-order valence-electron chi connectivity index (χ2n) is 4.79. The van der Waals surface area contributed by atoms with E-state index in [1.165, 1.54) is 25.4 Å². The van der Waals surface area contributed by atoms with E-state index in [-0.39, 0.29) is 11.5 Å². The highest BCUT2D eigenvalue weighted by molar-refractivity contribution is 7.52. The van der Waals surface area contributed by atoms with Gasteiger partial charge in [-0.1, -0.05) is 29.8 Å². The molecule has 0 fully saturated rings. The van der Waals surface area contributed by atoms with Gasteiger partial charge in [-0.3, -0.25) is 9.78 Å². The Morgan fingerprint density at radius 2 is 1.87 bits per heavy atom. The summed E-state index contributed by atoms with van der Waals surface area (Å²) >= 11 is 5.84. The molecular weight excluding hydrogens is 339 g/mol. The number of rotatable bonds is 7. The van der Waals surface area contributed by atoms with Crippen LogP contribution in [-0.4, -0.2) is 16.8 Å². The van der Waals surface area contributed by atoms with E-state index in [1.807, 2.05) is 0 Å². The summed E-state index contributed by atoms with van der Waals surface area (Å²) in [5, 5.41) is 2.93. The van der Waals surface area contributed by atoms with Gasteiger partial charge in [0, 0.05) is 12.3 Å². The van der Waals surface area contributed by atoms with E-state index < -0.39 is 13.8 Å². The molecule has 0 radical (unpaired) electrons. The van der Waals surface area contributed by atoms with Crippen molar-refractivity contribution in [2.45, 2.75) is 19.9 Å². The highest BCUT2D eigenvalue weighted by Crippen LogP contribution is 2.45. The molecule has 1 aromatic carbocycles. The fourth-order valence-electron chi connectivity index (χ4n) is 1.60. The van der Waals surface area contributed by atoms with Gasteiger partial charge in [0.2, 0.25) is 0 Å². The number of ketones is 1. The van der Waals surface area contributed by atoms with Crippen molar-refractivity contribution >= 4 is 25.1 Å². The van der Waals surface area contributed by atoms with E-state index in [2.05, 4.69) is 10.1 Å². The van der Waals surface area contributed by atoms with Gasteiger partial charge in [0.1, 0.15) is 11.5 Å². The Morgan fingerprint density at radius 3 is 2.48 bits per heavy atom. The third kappa shape index (κ3) is 5.36. The number of hydrogen-bond donors (Lipinski definition) is 1. The van der Waals surface area contributed by atoms with Gasteiger partial charge in [0.15, 0.2) is 5.75 Å². The molecule has 0 bridgehead atoms. The number of nitrogens with one attached hydrogen (secondary N) is 1. The van der Waals surface area contributed by atoms with Crippen molar-refractivity contribution in [2.75, 3.05) is 0 Å². The Balaban J connectivity index is 2.26. The number of para-hydroxylation sites is 1. The lowest BCUT2D eigenvalue weighted by molar-refractivity contribution is -0.118. The van der Waals surface area contributed by atoms with Crippen molar-refractivity contribution in [1.29, 1.82) is 0 Å². The quantitative estimate of drug-likeness (QED) is 0.760. The number of carbonyl (C=O) groups excluding carboxylic acids is 1. The molecule has 122 valence electrons. The average molecular weight is 355 g/mol. The maximum Gasteiger partial charge on any atom is 0.513 e. The number of carbonyl (C=O) groups is 1. The SMILES string of the molecule is CC(=O)[C@H](C)N[P@@](=O)(Oc1ccccc1)Oc1cncc(Cl)c1. The molecule has 0 amide bonds. The topological polar surface area (TPSA) is 77.5 Å². The number of halogens is 1. The standard InChI is InChI=1S/C15H16ClN2O4P/c1-11(12(2)19)18-23(20,21-14-6-4-3-5-7-14)22-15-8-13(16)9-17-10-15/h3-11H,1-2H3,(H,18,20)/t11-,23+/m0/s1. The Hall–Kier alpha value is -1.88. The summed E-state index contributed by atoms with van der Waals surface area (Å²) in [6.45, 7) is 2.95. The molecule has 0 aliphatic rings. The molecule has 0 spiro atoms. The lowest BCUT2D eigenvalue weighted by Gasteiger charge is -2.22. The average Bonchev–Trinajstić information content (AvgIpc) is 2.47. The van der Waals surface area contributed by atoms with Crippen molar-refractivity contribution in [3.05, 3.63) is 53.8 Å². The molecule has 2 rings (SSSR count). The van der Waals surface area contributed by atoms with Gasteiger partial charge >= 0.3 is 7.75 Å². The maximum atomic E-state index is 13.0. The van der Waals surface area contributed by atoms with E-state index in [0.29, 0.717) is 10.8 Å². The van der Waals surface area contributed by atoms with Gasteiger partial charge in [0.05, 0.1) is 17.3 Å². The van der Waals surface area contributed by atoms with Gasteiger partial charge in [-0.2, -0.15) is 5.09 Å². The Morgan fingerprint density at radius 1 is 1.22 bits per heavy atom. The van der Waals surface area contributed by atoms with Gasteiger partial charge < -0.3 is 9.05 Å². The molecule has 0 unspecified atom stereocenters. The van der Waals surface area contributed by atoms with Crippen molar-refractivity contribution < 1.29 is 18.4 Å². The van der Waals surface area contributed by atoms with Crippen LogP contribution in [0.25, 0.3) is 0 Å². The number of Topliss-reactive ketones (excluding diaryl/α,β-unsaturated/α-hetero) is 1. The second-order valence-corrected chi connectivity index (χ2v) is 6.85. The Bertz CT molecular complexity index is 726. The zero-order valence-electron chi connectivity index (χ0n) is 12.6. The third-order valence-corrected chi connectivity index (χ3v) is 4.65. The minimum Gasteiger partial charge on any atom is -0.405 e. The van der Waals surface area contributed by atoms with Crippen LogP contribution in [-0.2, 0) is 9.36 Å². The van der Waals surface area contributed by atoms with Crippen molar-refractivity contribution in [3.8, 4) is 11.5 Å². The molecule has 1 heterocycles. The largest absolute Gasteiger partial charge is 0.513 e. The summed E-state index contributed by atoms with van der Waals surface area (Å²) in [7, 11) is -3.86. The van der Waals surface area contributed by atoms with Crippen LogP contribution in [0.15, 0.2) is 48.8 Å². The van der Waals surface area contributed by atoms with Crippen LogP contribution in [0.2, 0.25) is 5.02 Å². The number of pyridine rings is 1. The van der Waals surface area contributed by atoms with Crippen molar-refractivity contribution in [2.24, 2.45) is 0 Å². The summed E-state index contributed by atoms with van der Waals surface area (Å²) in [6.07, 6.45) is 2.77. The smallest absolute Gasteiger partial charge is 0.405 e.